The van der Waals surface area contributed by atoms with Crippen LogP contribution < -0.4 is 10.1 Å². The molecular formula is C22H19ClFN3O3S. The molecule has 9 heteroatoms. The Morgan fingerprint density at radius 2 is 2.03 bits per heavy atom. The first-order valence-corrected chi connectivity index (χ1v) is 10.6. The Kier molecular flexibility index (Phi) is 5.84. The number of ether oxygens (including phenoxy) is 2. The van der Waals surface area contributed by atoms with Crippen molar-refractivity contribution in [2.24, 2.45) is 0 Å². The number of carbonyl (C=O) groups excluding carboxylic acids is 1. The van der Waals surface area contributed by atoms with Crippen molar-refractivity contribution < 1.29 is 18.7 Å². The number of nitrogens with zero attached hydrogens (tertiary/aromatic N) is 2. The Balaban J connectivity index is 1.99. The molecular weight excluding hydrogens is 441 g/mol. The minimum Gasteiger partial charge on any atom is -0.496 e. The highest BCUT2D eigenvalue weighted by Crippen LogP contribution is 2.41. The first-order chi connectivity index (χ1) is 14.9. The van der Waals surface area contributed by atoms with Gasteiger partial charge in [-0.1, -0.05) is 29.8 Å². The number of hydrogen-bond acceptors (Lipinski definition) is 6. The molecule has 0 aliphatic carbocycles. The summed E-state index contributed by atoms with van der Waals surface area (Å²) >= 11 is 7.79. The smallest absolute Gasteiger partial charge is 0.311 e. The number of imidazole rings is 1. The summed E-state index contributed by atoms with van der Waals surface area (Å²) < 4.78 is 27.0. The van der Waals surface area contributed by atoms with E-state index < -0.39 is 11.8 Å². The molecule has 0 bridgehead atoms. The number of halogens is 2. The van der Waals surface area contributed by atoms with Gasteiger partial charge in [-0.05, 0) is 30.7 Å². The standard InChI is InChI=1S/C22H19ClFN3O3S/c1-12-6-4-7-14(23)19(12)25-21-20(18-15(24)8-5-9-16(18)29-2)26-22-27(21)13(11-31-22)10-17(28)30-3/h4-9,11,25H,10H2,1-3H3. The van der Waals surface area contributed by atoms with Crippen LogP contribution in [0.3, 0.4) is 0 Å². The third-order valence-electron chi connectivity index (χ3n) is 4.88. The Labute approximate surface area is 187 Å². The number of aromatic nitrogens is 2. The van der Waals surface area contributed by atoms with Gasteiger partial charge in [-0.3, -0.25) is 9.20 Å². The molecule has 160 valence electrons. The van der Waals surface area contributed by atoms with Gasteiger partial charge in [0.05, 0.1) is 36.9 Å². The molecule has 31 heavy (non-hydrogen) atoms. The van der Waals surface area contributed by atoms with Gasteiger partial charge < -0.3 is 14.8 Å². The number of methoxy groups -OCH3 is 2. The van der Waals surface area contributed by atoms with Crippen LogP contribution >= 0.6 is 22.9 Å². The SMILES string of the molecule is COC(=O)Cc1csc2nc(-c3c(F)cccc3OC)c(Nc3c(C)cccc3Cl)n12. The number of hydrogen-bond donors (Lipinski definition) is 1. The third-order valence-corrected chi connectivity index (χ3v) is 6.07. The number of benzene rings is 2. The fraction of sp³-hybridized carbons (Fsp3) is 0.182. The van der Waals surface area contributed by atoms with Gasteiger partial charge in [0.15, 0.2) is 4.96 Å². The molecule has 2 heterocycles. The van der Waals surface area contributed by atoms with Gasteiger partial charge in [0.2, 0.25) is 0 Å². The number of aryl methyl sites for hydroxylation is 1. The van der Waals surface area contributed by atoms with Crippen LogP contribution in [0.25, 0.3) is 16.2 Å². The molecule has 0 spiro atoms. The molecule has 2 aromatic heterocycles. The van der Waals surface area contributed by atoms with Crippen molar-refractivity contribution >= 4 is 45.4 Å². The van der Waals surface area contributed by atoms with E-state index in [1.165, 1.54) is 31.6 Å². The number of rotatable bonds is 6. The molecule has 0 fully saturated rings. The molecule has 0 atom stereocenters. The van der Waals surface area contributed by atoms with Crippen molar-refractivity contribution in [3.05, 3.63) is 63.9 Å². The lowest BCUT2D eigenvalue weighted by Gasteiger charge is -2.15. The third kappa shape index (κ3) is 3.84. The van der Waals surface area contributed by atoms with Gasteiger partial charge in [0.25, 0.3) is 0 Å². The van der Waals surface area contributed by atoms with Crippen LogP contribution in [-0.4, -0.2) is 29.6 Å². The van der Waals surface area contributed by atoms with Gasteiger partial charge >= 0.3 is 5.97 Å². The minimum atomic E-state index is -0.474. The van der Waals surface area contributed by atoms with Crippen LogP contribution in [0.5, 0.6) is 5.75 Å². The Hall–Kier alpha value is -3.10. The largest absolute Gasteiger partial charge is 0.496 e. The molecule has 0 radical (unpaired) electrons. The maximum Gasteiger partial charge on any atom is 0.311 e. The van der Waals surface area contributed by atoms with E-state index in [2.05, 4.69) is 10.3 Å². The lowest BCUT2D eigenvalue weighted by Crippen LogP contribution is -2.08. The summed E-state index contributed by atoms with van der Waals surface area (Å²) in [5.41, 5.74) is 2.80. The van der Waals surface area contributed by atoms with E-state index in [4.69, 9.17) is 21.1 Å². The van der Waals surface area contributed by atoms with Gasteiger partial charge in [-0.15, -0.1) is 11.3 Å². The van der Waals surface area contributed by atoms with Crippen molar-refractivity contribution in [3.63, 3.8) is 0 Å². The number of anilines is 2. The van der Waals surface area contributed by atoms with Crippen molar-refractivity contribution in [1.82, 2.24) is 9.38 Å². The molecule has 0 saturated heterocycles. The van der Waals surface area contributed by atoms with Crippen LogP contribution in [0.1, 0.15) is 11.3 Å². The van der Waals surface area contributed by atoms with Crippen LogP contribution in [0, 0.1) is 12.7 Å². The summed E-state index contributed by atoms with van der Waals surface area (Å²) in [5.74, 6) is -0.0363. The maximum atomic E-state index is 14.9. The summed E-state index contributed by atoms with van der Waals surface area (Å²) in [6.45, 7) is 1.92. The summed E-state index contributed by atoms with van der Waals surface area (Å²) in [6.07, 6.45) is 0.0386. The van der Waals surface area contributed by atoms with E-state index in [1.807, 2.05) is 24.4 Å². The Morgan fingerprint density at radius 1 is 1.26 bits per heavy atom. The molecule has 4 rings (SSSR count). The topological polar surface area (TPSA) is 64.9 Å². The zero-order valence-corrected chi connectivity index (χ0v) is 18.6. The normalized spacial score (nSPS) is 11.0. The van der Waals surface area contributed by atoms with E-state index in [0.717, 1.165) is 5.56 Å². The first kappa shape index (κ1) is 21.1. The summed E-state index contributed by atoms with van der Waals surface area (Å²) in [6, 6.07) is 10.1. The predicted octanol–water partition coefficient (Wildman–Crippen LogP) is 5.63. The van der Waals surface area contributed by atoms with Crippen molar-refractivity contribution in [1.29, 1.82) is 0 Å². The summed E-state index contributed by atoms with van der Waals surface area (Å²) in [7, 11) is 2.81. The zero-order chi connectivity index (χ0) is 22.1. The van der Waals surface area contributed by atoms with E-state index in [9.17, 15) is 9.18 Å². The Bertz CT molecular complexity index is 1260. The van der Waals surface area contributed by atoms with Crippen LogP contribution in [-0.2, 0) is 16.0 Å². The van der Waals surface area contributed by atoms with Crippen molar-refractivity contribution in [2.75, 3.05) is 19.5 Å². The molecule has 6 nitrogen and oxygen atoms in total. The monoisotopic (exact) mass is 459 g/mol. The molecule has 0 aliphatic rings. The molecule has 4 aromatic rings. The lowest BCUT2D eigenvalue weighted by molar-refractivity contribution is -0.139. The summed E-state index contributed by atoms with van der Waals surface area (Å²) in [4.78, 5) is 17.2. The van der Waals surface area contributed by atoms with E-state index >= 15 is 0 Å². The average molecular weight is 460 g/mol. The van der Waals surface area contributed by atoms with E-state index in [1.54, 1.807) is 22.6 Å². The lowest BCUT2D eigenvalue weighted by atomic mass is 10.1. The second kappa shape index (κ2) is 8.56. The number of esters is 1. The maximum absolute atomic E-state index is 14.9. The molecule has 1 N–H and O–H groups in total. The molecule has 0 unspecified atom stereocenters. The predicted molar refractivity (Wildman–Crippen MR) is 120 cm³/mol. The van der Waals surface area contributed by atoms with Crippen molar-refractivity contribution in [3.8, 4) is 17.0 Å². The van der Waals surface area contributed by atoms with E-state index in [0.29, 0.717) is 38.6 Å². The number of thiazole rings is 1. The number of para-hydroxylation sites is 1. The molecule has 0 aliphatic heterocycles. The second-order valence-corrected chi connectivity index (χ2v) is 8.02. The van der Waals surface area contributed by atoms with Crippen LogP contribution in [0.4, 0.5) is 15.9 Å². The number of fused-ring (bicyclic) bond motifs is 1. The number of nitrogens with one attached hydrogen (secondary N) is 1. The molecule has 2 aromatic carbocycles. The second-order valence-electron chi connectivity index (χ2n) is 6.78. The fourth-order valence-corrected chi connectivity index (χ4v) is 4.52. The van der Waals surface area contributed by atoms with Gasteiger partial charge in [0, 0.05) is 11.1 Å². The van der Waals surface area contributed by atoms with Crippen LogP contribution in [0.2, 0.25) is 5.02 Å². The highest BCUT2D eigenvalue weighted by Gasteiger charge is 2.25. The molecule has 0 amide bonds. The highest BCUT2D eigenvalue weighted by molar-refractivity contribution is 7.15. The highest BCUT2D eigenvalue weighted by atomic mass is 35.5. The first-order valence-electron chi connectivity index (χ1n) is 9.35. The van der Waals surface area contributed by atoms with E-state index in [-0.39, 0.29) is 12.0 Å². The van der Waals surface area contributed by atoms with Gasteiger partial charge in [-0.2, -0.15) is 0 Å². The zero-order valence-electron chi connectivity index (χ0n) is 17.0. The van der Waals surface area contributed by atoms with Crippen LogP contribution in [0.15, 0.2) is 41.8 Å². The fourth-order valence-electron chi connectivity index (χ4n) is 3.36. The average Bonchev–Trinajstić information content (AvgIpc) is 3.30. The van der Waals surface area contributed by atoms with Gasteiger partial charge in [0.1, 0.15) is 23.1 Å². The molecule has 0 saturated carbocycles. The minimum absolute atomic E-state index is 0.0386. The quantitative estimate of drug-likeness (QED) is 0.378. The number of carbonyl (C=O) groups is 1. The Morgan fingerprint density at radius 3 is 2.74 bits per heavy atom. The summed E-state index contributed by atoms with van der Waals surface area (Å²) in [5, 5.41) is 5.66. The van der Waals surface area contributed by atoms with Gasteiger partial charge in [-0.25, -0.2) is 9.37 Å². The van der Waals surface area contributed by atoms with Crippen molar-refractivity contribution in [2.45, 2.75) is 13.3 Å².